The number of hydrogen-bond acceptors (Lipinski definition) is 5. The van der Waals surface area contributed by atoms with E-state index in [-0.39, 0.29) is 5.97 Å². The van der Waals surface area contributed by atoms with Crippen LogP contribution in [0.3, 0.4) is 0 Å². The highest BCUT2D eigenvalue weighted by Gasteiger charge is 2.23. The lowest BCUT2D eigenvalue weighted by atomic mass is 10.1. The Kier molecular flexibility index (Phi) is 6.18. The summed E-state index contributed by atoms with van der Waals surface area (Å²) >= 11 is 7.05. The van der Waals surface area contributed by atoms with E-state index in [1.54, 1.807) is 4.68 Å². The number of carbonyl (C=O) groups excluding carboxylic acids is 1. The lowest BCUT2D eigenvalue weighted by Gasteiger charge is -2.20. The van der Waals surface area contributed by atoms with E-state index in [0.717, 1.165) is 33.1 Å². The second-order valence-electron chi connectivity index (χ2n) is 5.89. The molecule has 0 radical (unpaired) electrons. The van der Waals surface area contributed by atoms with Crippen LogP contribution in [-0.2, 0) is 24.8 Å². The predicted molar refractivity (Wildman–Crippen MR) is 105 cm³/mol. The maximum absolute atomic E-state index is 12.2. The number of hydrogen-bond donors (Lipinski definition) is 1. The van der Waals surface area contributed by atoms with Gasteiger partial charge in [0.1, 0.15) is 5.00 Å². The molecule has 0 aromatic carbocycles. The van der Waals surface area contributed by atoms with Gasteiger partial charge in [-0.3, -0.25) is 4.68 Å². The zero-order chi connectivity index (χ0) is 18.7. The van der Waals surface area contributed by atoms with E-state index in [0.29, 0.717) is 17.2 Å². The van der Waals surface area contributed by atoms with Gasteiger partial charge in [0.15, 0.2) is 5.11 Å². The molecule has 0 bridgehead atoms. The number of rotatable bonds is 5. The van der Waals surface area contributed by atoms with E-state index in [1.165, 1.54) is 18.4 Å². The first-order chi connectivity index (χ1) is 11.8. The molecule has 0 aliphatic rings. The summed E-state index contributed by atoms with van der Waals surface area (Å²) in [5, 5.41) is 8.85. The first kappa shape index (κ1) is 19.4. The van der Waals surface area contributed by atoms with E-state index in [9.17, 15) is 4.79 Å². The minimum Gasteiger partial charge on any atom is -0.465 e. The van der Waals surface area contributed by atoms with Crippen molar-refractivity contribution in [2.24, 2.45) is 7.05 Å². The van der Waals surface area contributed by atoms with Crippen LogP contribution in [0.15, 0.2) is 6.20 Å². The Morgan fingerprint density at radius 3 is 2.68 bits per heavy atom. The number of aromatic nitrogens is 2. The van der Waals surface area contributed by atoms with Crippen molar-refractivity contribution in [3.63, 3.8) is 0 Å². The van der Waals surface area contributed by atoms with Crippen LogP contribution >= 0.6 is 23.6 Å². The molecule has 0 spiro atoms. The van der Waals surface area contributed by atoms with Gasteiger partial charge in [0.25, 0.3) is 0 Å². The smallest absolute Gasteiger partial charge is 0.341 e. The molecule has 0 saturated carbocycles. The number of nitrogens with one attached hydrogen (secondary N) is 1. The van der Waals surface area contributed by atoms with Crippen LogP contribution < -0.4 is 5.32 Å². The normalized spacial score (nSPS) is 10.6. The number of aryl methyl sites for hydroxylation is 3. The molecule has 136 valence electrons. The summed E-state index contributed by atoms with van der Waals surface area (Å²) in [5.41, 5.74) is 3.68. The molecule has 0 aliphatic carbocycles. The van der Waals surface area contributed by atoms with Crippen LogP contribution in [-0.4, -0.2) is 39.9 Å². The van der Waals surface area contributed by atoms with Crippen LogP contribution in [0.25, 0.3) is 0 Å². The van der Waals surface area contributed by atoms with Gasteiger partial charge in [-0.15, -0.1) is 11.3 Å². The highest BCUT2D eigenvalue weighted by Crippen LogP contribution is 2.34. The zero-order valence-electron chi connectivity index (χ0n) is 15.5. The molecule has 6 nitrogen and oxygen atoms in total. The molecular weight excluding hydrogens is 356 g/mol. The lowest BCUT2D eigenvalue weighted by Crippen LogP contribution is -2.31. The number of nitrogens with zero attached hydrogens (tertiary/aromatic N) is 3. The van der Waals surface area contributed by atoms with Gasteiger partial charge in [-0.2, -0.15) is 5.10 Å². The fourth-order valence-electron chi connectivity index (χ4n) is 2.73. The molecule has 0 amide bonds. The minimum absolute atomic E-state index is 0.336. The third-order valence-corrected chi connectivity index (χ3v) is 5.52. The zero-order valence-corrected chi connectivity index (χ0v) is 17.1. The van der Waals surface area contributed by atoms with E-state index in [2.05, 4.69) is 10.4 Å². The van der Waals surface area contributed by atoms with Crippen LogP contribution in [0.2, 0.25) is 0 Å². The molecule has 8 heteroatoms. The number of ether oxygens (including phenoxy) is 1. The SMILES string of the molecule is CCc1c(C)sc(NC(=S)N(C)Cc2cn(C)nc2C)c1C(=O)OC. The largest absolute Gasteiger partial charge is 0.465 e. The molecule has 0 fully saturated rings. The number of methoxy groups -OCH3 is 1. The summed E-state index contributed by atoms with van der Waals surface area (Å²) in [7, 11) is 5.21. The topological polar surface area (TPSA) is 59.4 Å². The summed E-state index contributed by atoms with van der Waals surface area (Å²) in [6, 6.07) is 0. The Labute approximate surface area is 157 Å². The molecule has 1 N–H and O–H groups in total. The number of anilines is 1. The van der Waals surface area contributed by atoms with Gasteiger partial charge >= 0.3 is 5.97 Å². The van der Waals surface area contributed by atoms with Crippen LogP contribution in [0.1, 0.15) is 39.0 Å². The molecule has 2 heterocycles. The Morgan fingerprint density at radius 1 is 1.48 bits per heavy atom. The van der Waals surface area contributed by atoms with Crippen LogP contribution in [0, 0.1) is 13.8 Å². The number of carbonyl (C=O) groups is 1. The molecule has 0 unspecified atom stereocenters. The fraction of sp³-hybridized carbons (Fsp3) is 0.471. The fourth-order valence-corrected chi connectivity index (χ4v) is 4.10. The van der Waals surface area contributed by atoms with E-state index < -0.39 is 0 Å². The van der Waals surface area contributed by atoms with Gasteiger partial charge in [0, 0.05) is 37.3 Å². The monoisotopic (exact) mass is 380 g/mol. The summed E-state index contributed by atoms with van der Waals surface area (Å²) in [6.45, 7) is 6.66. The second kappa shape index (κ2) is 7.97. The predicted octanol–water partition coefficient (Wildman–Crippen LogP) is 3.28. The van der Waals surface area contributed by atoms with Crippen molar-refractivity contribution in [1.82, 2.24) is 14.7 Å². The quantitative estimate of drug-likeness (QED) is 0.635. The van der Waals surface area contributed by atoms with Gasteiger partial charge in [0.05, 0.1) is 18.4 Å². The van der Waals surface area contributed by atoms with Crippen LogP contribution in [0.4, 0.5) is 5.00 Å². The van der Waals surface area contributed by atoms with Gasteiger partial charge in [-0.25, -0.2) is 4.79 Å². The molecule has 25 heavy (non-hydrogen) atoms. The highest BCUT2D eigenvalue weighted by atomic mass is 32.1. The minimum atomic E-state index is -0.336. The number of esters is 1. The standard InChI is InChI=1S/C17H24N4O2S2/c1-7-13-11(3)25-15(14(13)16(22)23-6)18-17(24)20(4)8-12-9-21(5)19-10(12)2/h9H,7-8H2,1-6H3,(H,18,24). The maximum atomic E-state index is 12.2. The van der Waals surface area contributed by atoms with E-state index in [4.69, 9.17) is 17.0 Å². The molecule has 2 rings (SSSR count). The Balaban J connectivity index is 2.19. The Hall–Kier alpha value is -1.93. The highest BCUT2D eigenvalue weighted by molar-refractivity contribution is 7.80. The Morgan fingerprint density at radius 2 is 2.16 bits per heavy atom. The summed E-state index contributed by atoms with van der Waals surface area (Å²) in [6.07, 6.45) is 2.75. The van der Waals surface area contributed by atoms with Crippen molar-refractivity contribution in [3.05, 3.63) is 33.5 Å². The van der Waals surface area contributed by atoms with Gasteiger partial charge in [-0.1, -0.05) is 6.92 Å². The molecule has 0 aliphatic heterocycles. The third kappa shape index (κ3) is 4.19. The van der Waals surface area contributed by atoms with Gasteiger partial charge < -0.3 is 15.0 Å². The van der Waals surface area contributed by atoms with Crippen molar-refractivity contribution in [1.29, 1.82) is 0 Å². The van der Waals surface area contributed by atoms with E-state index in [1.807, 2.05) is 46.0 Å². The van der Waals surface area contributed by atoms with E-state index >= 15 is 0 Å². The maximum Gasteiger partial charge on any atom is 0.341 e. The first-order valence-electron chi connectivity index (χ1n) is 8.00. The molecule has 2 aromatic rings. The number of thiocarbonyl (C=S) groups is 1. The summed E-state index contributed by atoms with van der Waals surface area (Å²) in [4.78, 5) is 15.2. The third-order valence-electron chi connectivity index (χ3n) is 4.04. The molecule has 0 saturated heterocycles. The van der Waals surface area contributed by atoms with Gasteiger partial charge in [0.2, 0.25) is 0 Å². The van der Waals surface area contributed by atoms with Crippen molar-refractivity contribution in [2.75, 3.05) is 19.5 Å². The van der Waals surface area contributed by atoms with Crippen molar-refractivity contribution in [3.8, 4) is 0 Å². The van der Waals surface area contributed by atoms with Crippen molar-refractivity contribution >= 4 is 39.6 Å². The first-order valence-corrected chi connectivity index (χ1v) is 9.22. The van der Waals surface area contributed by atoms with Crippen LogP contribution in [0.5, 0.6) is 0 Å². The molecule has 2 aromatic heterocycles. The molecular formula is C17H24N4O2S2. The lowest BCUT2D eigenvalue weighted by molar-refractivity contribution is 0.0601. The average Bonchev–Trinajstić information content (AvgIpc) is 3.04. The second-order valence-corrected chi connectivity index (χ2v) is 7.50. The van der Waals surface area contributed by atoms with Crippen molar-refractivity contribution < 1.29 is 9.53 Å². The average molecular weight is 381 g/mol. The Bertz CT molecular complexity index is 795. The summed E-state index contributed by atoms with van der Waals surface area (Å²) < 4.78 is 6.74. The van der Waals surface area contributed by atoms with Gasteiger partial charge in [-0.05, 0) is 38.0 Å². The molecule has 0 atom stereocenters. The number of thiophene rings is 1. The van der Waals surface area contributed by atoms with Crippen molar-refractivity contribution in [2.45, 2.75) is 33.7 Å². The summed E-state index contributed by atoms with van der Waals surface area (Å²) in [5.74, 6) is -0.336.